The molecule has 7 nitrogen and oxygen atoms in total. The number of hydrogen-bond donors (Lipinski definition) is 2. The molecule has 0 atom stereocenters. The monoisotopic (exact) mass is 329 g/mol. The number of carbonyl (C=O) groups excluding carboxylic acids is 2. The number of hydrogen-bond acceptors (Lipinski definition) is 4. The Morgan fingerprint density at radius 2 is 1.88 bits per heavy atom. The molecule has 1 heterocycles. The highest BCUT2D eigenvalue weighted by Gasteiger charge is 2.10. The number of aromatic nitrogens is 2. The van der Waals surface area contributed by atoms with Gasteiger partial charge in [0.25, 0.3) is 0 Å². The average molecular weight is 329 g/mol. The maximum absolute atomic E-state index is 12.2. The van der Waals surface area contributed by atoms with Crippen molar-refractivity contribution in [2.45, 2.75) is 20.4 Å². The van der Waals surface area contributed by atoms with Gasteiger partial charge in [0.1, 0.15) is 5.82 Å². The van der Waals surface area contributed by atoms with Crippen LogP contribution in [0.4, 0.5) is 11.4 Å². The SMILES string of the molecule is CC(=O)Nc1ccccc1NC(=O)CN(C)CCn1ccnc1C. The second-order valence-electron chi connectivity index (χ2n) is 5.68. The van der Waals surface area contributed by atoms with Crippen LogP contribution in [0.1, 0.15) is 12.7 Å². The van der Waals surface area contributed by atoms with E-state index < -0.39 is 0 Å². The van der Waals surface area contributed by atoms with Crippen LogP contribution in [0, 0.1) is 6.92 Å². The molecule has 0 radical (unpaired) electrons. The minimum absolute atomic E-state index is 0.127. The summed E-state index contributed by atoms with van der Waals surface area (Å²) in [6.07, 6.45) is 3.69. The summed E-state index contributed by atoms with van der Waals surface area (Å²) in [7, 11) is 1.89. The zero-order chi connectivity index (χ0) is 17.5. The predicted molar refractivity (Wildman–Crippen MR) is 93.8 cm³/mol. The lowest BCUT2D eigenvalue weighted by Gasteiger charge is -2.18. The van der Waals surface area contributed by atoms with Crippen molar-refractivity contribution < 1.29 is 9.59 Å². The van der Waals surface area contributed by atoms with E-state index in [9.17, 15) is 9.59 Å². The van der Waals surface area contributed by atoms with E-state index in [1.54, 1.807) is 24.4 Å². The Bertz CT molecular complexity index is 711. The summed E-state index contributed by atoms with van der Waals surface area (Å²) in [6.45, 7) is 5.16. The number of nitrogens with zero attached hydrogens (tertiary/aromatic N) is 3. The zero-order valence-corrected chi connectivity index (χ0v) is 14.2. The van der Waals surface area contributed by atoms with Gasteiger partial charge in [0.2, 0.25) is 11.8 Å². The van der Waals surface area contributed by atoms with Crippen LogP contribution < -0.4 is 10.6 Å². The summed E-state index contributed by atoms with van der Waals surface area (Å²) in [5.74, 6) is 0.652. The first-order valence-corrected chi connectivity index (χ1v) is 7.78. The van der Waals surface area contributed by atoms with Crippen molar-refractivity contribution in [2.24, 2.45) is 0 Å². The number of anilines is 2. The number of nitrogens with one attached hydrogen (secondary N) is 2. The molecule has 0 spiro atoms. The minimum atomic E-state index is -0.176. The molecular formula is C17H23N5O2. The van der Waals surface area contributed by atoms with Gasteiger partial charge in [0.15, 0.2) is 0 Å². The van der Waals surface area contributed by atoms with Crippen molar-refractivity contribution in [1.82, 2.24) is 14.5 Å². The molecule has 2 aromatic rings. The lowest BCUT2D eigenvalue weighted by Crippen LogP contribution is -2.32. The fourth-order valence-electron chi connectivity index (χ4n) is 2.32. The number of para-hydroxylation sites is 2. The van der Waals surface area contributed by atoms with Crippen LogP contribution in [0.5, 0.6) is 0 Å². The Morgan fingerprint density at radius 1 is 1.21 bits per heavy atom. The van der Waals surface area contributed by atoms with Crippen molar-refractivity contribution in [3.63, 3.8) is 0 Å². The second-order valence-corrected chi connectivity index (χ2v) is 5.68. The standard InChI is InChI=1S/C17H23N5O2/c1-13-18-8-9-22(13)11-10-21(3)12-17(24)20-16-7-5-4-6-15(16)19-14(2)23/h4-9H,10-12H2,1-3H3,(H,19,23)(H,20,24). The maximum Gasteiger partial charge on any atom is 0.238 e. The van der Waals surface area contributed by atoms with Gasteiger partial charge in [-0.25, -0.2) is 4.98 Å². The third-order valence-electron chi connectivity index (χ3n) is 3.57. The van der Waals surface area contributed by atoms with Crippen LogP contribution in [0.25, 0.3) is 0 Å². The van der Waals surface area contributed by atoms with Gasteiger partial charge in [0.05, 0.1) is 17.9 Å². The molecule has 0 saturated carbocycles. The lowest BCUT2D eigenvalue weighted by molar-refractivity contribution is -0.117. The van der Waals surface area contributed by atoms with Crippen molar-refractivity contribution in [2.75, 3.05) is 30.8 Å². The van der Waals surface area contributed by atoms with E-state index in [0.29, 0.717) is 11.4 Å². The molecule has 2 N–H and O–H groups in total. The molecule has 128 valence electrons. The van der Waals surface area contributed by atoms with E-state index in [4.69, 9.17) is 0 Å². The fourth-order valence-corrected chi connectivity index (χ4v) is 2.32. The normalized spacial score (nSPS) is 10.7. The Hall–Kier alpha value is -2.67. The molecule has 2 rings (SSSR count). The first-order valence-electron chi connectivity index (χ1n) is 7.78. The van der Waals surface area contributed by atoms with Crippen LogP contribution in [0.2, 0.25) is 0 Å². The van der Waals surface area contributed by atoms with E-state index in [-0.39, 0.29) is 18.4 Å². The van der Waals surface area contributed by atoms with E-state index in [0.717, 1.165) is 18.9 Å². The van der Waals surface area contributed by atoms with Gasteiger partial charge in [-0.1, -0.05) is 12.1 Å². The Balaban J connectivity index is 1.86. The molecule has 1 aromatic carbocycles. The van der Waals surface area contributed by atoms with Gasteiger partial charge in [-0.05, 0) is 26.1 Å². The van der Waals surface area contributed by atoms with Crippen molar-refractivity contribution in [1.29, 1.82) is 0 Å². The quantitative estimate of drug-likeness (QED) is 0.811. The molecule has 7 heteroatoms. The van der Waals surface area contributed by atoms with Gasteiger partial charge in [-0.15, -0.1) is 0 Å². The van der Waals surface area contributed by atoms with Crippen molar-refractivity contribution >= 4 is 23.2 Å². The van der Waals surface area contributed by atoms with Gasteiger partial charge in [-0.3, -0.25) is 14.5 Å². The van der Waals surface area contributed by atoms with Crippen LogP contribution in [-0.2, 0) is 16.1 Å². The van der Waals surface area contributed by atoms with Crippen LogP contribution in [0.3, 0.4) is 0 Å². The van der Waals surface area contributed by atoms with Crippen molar-refractivity contribution in [3.05, 3.63) is 42.5 Å². The highest BCUT2D eigenvalue weighted by Crippen LogP contribution is 2.20. The molecule has 1 aromatic heterocycles. The number of carbonyl (C=O) groups is 2. The number of benzene rings is 1. The largest absolute Gasteiger partial charge is 0.334 e. The Morgan fingerprint density at radius 3 is 2.46 bits per heavy atom. The molecule has 0 aliphatic carbocycles. The Labute approximate surface area is 141 Å². The molecule has 0 saturated heterocycles. The number of likely N-dealkylation sites (N-methyl/N-ethyl adjacent to an activating group) is 1. The van der Waals surface area contributed by atoms with E-state index >= 15 is 0 Å². The molecule has 0 unspecified atom stereocenters. The number of aryl methyl sites for hydroxylation is 1. The zero-order valence-electron chi connectivity index (χ0n) is 14.2. The topological polar surface area (TPSA) is 79.3 Å². The molecule has 0 fully saturated rings. The van der Waals surface area contributed by atoms with Gasteiger partial charge in [0, 0.05) is 32.4 Å². The third-order valence-corrected chi connectivity index (χ3v) is 3.57. The Kier molecular flexibility index (Phi) is 6.08. The molecule has 2 amide bonds. The third kappa shape index (κ3) is 5.20. The maximum atomic E-state index is 12.2. The summed E-state index contributed by atoms with van der Waals surface area (Å²) in [5, 5.41) is 5.54. The van der Waals surface area contributed by atoms with Crippen molar-refractivity contribution in [3.8, 4) is 0 Å². The number of imidazole rings is 1. The summed E-state index contributed by atoms with van der Waals surface area (Å²) < 4.78 is 2.04. The first kappa shape index (κ1) is 17.7. The molecular weight excluding hydrogens is 306 g/mol. The van der Waals surface area contributed by atoms with Crippen LogP contribution >= 0.6 is 0 Å². The van der Waals surface area contributed by atoms with Gasteiger partial charge < -0.3 is 15.2 Å². The molecule has 0 aliphatic heterocycles. The summed E-state index contributed by atoms with van der Waals surface area (Å²) in [4.78, 5) is 29.5. The summed E-state index contributed by atoms with van der Waals surface area (Å²) in [5.41, 5.74) is 1.19. The van der Waals surface area contributed by atoms with Crippen LogP contribution in [-0.4, -0.2) is 46.4 Å². The smallest absolute Gasteiger partial charge is 0.238 e. The van der Waals surface area contributed by atoms with Gasteiger partial charge >= 0.3 is 0 Å². The van der Waals surface area contributed by atoms with E-state index in [1.165, 1.54) is 6.92 Å². The average Bonchev–Trinajstić information content (AvgIpc) is 2.92. The van der Waals surface area contributed by atoms with Gasteiger partial charge in [-0.2, -0.15) is 0 Å². The minimum Gasteiger partial charge on any atom is -0.334 e. The molecule has 0 aliphatic rings. The summed E-state index contributed by atoms with van der Waals surface area (Å²) >= 11 is 0. The molecule has 24 heavy (non-hydrogen) atoms. The first-order chi connectivity index (χ1) is 11.5. The highest BCUT2D eigenvalue weighted by molar-refractivity contribution is 5.99. The second kappa shape index (κ2) is 8.26. The molecule has 0 bridgehead atoms. The summed E-state index contributed by atoms with van der Waals surface area (Å²) in [6, 6.07) is 7.13. The lowest BCUT2D eigenvalue weighted by atomic mass is 10.2. The fraction of sp³-hybridized carbons (Fsp3) is 0.353. The highest BCUT2D eigenvalue weighted by atomic mass is 16.2. The number of rotatable bonds is 7. The van der Waals surface area contributed by atoms with Crippen LogP contribution in [0.15, 0.2) is 36.7 Å². The predicted octanol–water partition coefficient (Wildman–Crippen LogP) is 1.72. The van der Waals surface area contributed by atoms with E-state index in [1.807, 2.05) is 35.7 Å². The number of amides is 2. The van der Waals surface area contributed by atoms with E-state index in [2.05, 4.69) is 15.6 Å².